The molecule has 1 fully saturated rings. The Morgan fingerprint density at radius 2 is 0.708 bits per heavy atom. The molecule has 1 aliphatic carbocycles. The molecule has 144 valence electrons. The van der Waals surface area contributed by atoms with Crippen molar-refractivity contribution in [2.45, 2.75) is 42.0 Å². The molecule has 0 radical (unpaired) electrons. The summed E-state index contributed by atoms with van der Waals surface area (Å²) in [7, 11) is 0. The largest absolute Gasteiger partial charge is 0.457 e. The highest BCUT2D eigenvalue weighted by atomic mass is 19.4. The van der Waals surface area contributed by atoms with Crippen molar-refractivity contribution in [2.75, 3.05) is 0 Å². The molecule has 0 amide bonds. The topological polar surface area (TPSA) is 0 Å². The lowest BCUT2D eigenvalue weighted by atomic mass is 9.49. The fourth-order valence-electron chi connectivity index (χ4n) is 2.31. The van der Waals surface area contributed by atoms with E-state index >= 15 is 0 Å². The third kappa shape index (κ3) is 1.64. The molecule has 0 aromatic heterocycles. The lowest BCUT2D eigenvalue weighted by molar-refractivity contribution is -0.583. The minimum Gasteiger partial charge on any atom is -0.223 e. The quantitative estimate of drug-likeness (QED) is 0.525. The van der Waals surface area contributed by atoms with Gasteiger partial charge in [-0.3, -0.25) is 0 Å². The molecule has 0 unspecified atom stereocenters. The van der Waals surface area contributed by atoms with Gasteiger partial charge in [0.1, 0.15) is 0 Å². The molecular formula is C8F16. The zero-order valence-electron chi connectivity index (χ0n) is 10.0. The van der Waals surface area contributed by atoms with Crippen LogP contribution in [0.15, 0.2) is 0 Å². The second kappa shape index (κ2) is 4.34. The predicted octanol–water partition coefficient (Wildman–Crippen LogP) is 5.29. The number of rotatable bonds is 1. The molecule has 0 saturated heterocycles. The van der Waals surface area contributed by atoms with Crippen LogP contribution < -0.4 is 0 Å². The Bertz CT molecular complexity index is 482. The summed E-state index contributed by atoms with van der Waals surface area (Å²) in [5, 5.41) is 0. The molecule has 0 nitrogen and oxygen atoms in total. The van der Waals surface area contributed by atoms with Crippen LogP contribution >= 0.6 is 0 Å². The van der Waals surface area contributed by atoms with E-state index in [9.17, 15) is 70.2 Å². The summed E-state index contributed by atoms with van der Waals surface area (Å²) in [6, 6.07) is 0. The molecule has 1 aliphatic rings. The molecule has 0 aliphatic heterocycles. The Kier molecular flexibility index (Phi) is 3.78. The minimum absolute atomic E-state index is 7.64. The van der Waals surface area contributed by atoms with E-state index in [0.29, 0.717) is 0 Å². The molecular weight excluding hydrogens is 400 g/mol. The molecule has 0 spiro atoms. The minimum atomic E-state index is -7.94. The van der Waals surface area contributed by atoms with E-state index in [1.807, 2.05) is 0 Å². The molecule has 0 atom stereocenters. The molecule has 16 heteroatoms. The number of hydrogen-bond donors (Lipinski definition) is 0. The molecule has 0 bridgehead atoms. The second-order valence-corrected chi connectivity index (χ2v) is 4.62. The average molecular weight is 400 g/mol. The van der Waals surface area contributed by atoms with Crippen molar-refractivity contribution in [3.05, 3.63) is 0 Å². The first-order chi connectivity index (χ1) is 10.0. The van der Waals surface area contributed by atoms with Crippen LogP contribution in [-0.2, 0) is 0 Å². The molecule has 0 heterocycles. The highest BCUT2D eigenvalue weighted by Crippen LogP contribution is 2.83. The van der Waals surface area contributed by atoms with Crippen molar-refractivity contribution in [3.63, 3.8) is 0 Å². The molecule has 1 rings (SSSR count). The van der Waals surface area contributed by atoms with Gasteiger partial charge in [0, 0.05) is 0 Å². The SMILES string of the molecule is FC(F)(F)C(F)(F)C1(F)C(F)(F)C(C(F)(F)F)(C(F)(F)F)C1(F)F. The van der Waals surface area contributed by atoms with E-state index in [-0.39, 0.29) is 0 Å². The van der Waals surface area contributed by atoms with Gasteiger partial charge in [-0.25, -0.2) is 22.0 Å². The number of halogens is 16. The first kappa shape index (κ1) is 20.9. The van der Waals surface area contributed by atoms with Gasteiger partial charge in [0.05, 0.1) is 0 Å². The van der Waals surface area contributed by atoms with E-state index in [0.717, 1.165) is 0 Å². The Balaban J connectivity index is 3.91. The Labute approximate surface area is 119 Å². The molecule has 24 heavy (non-hydrogen) atoms. The van der Waals surface area contributed by atoms with Crippen molar-refractivity contribution in [2.24, 2.45) is 5.41 Å². The standard InChI is InChI=1S/C8F16/c9-2(5(14,15)8(22,23)24)3(10,11)1(4(2,12)13,6(16,17)18)7(19,20)21. The van der Waals surface area contributed by atoms with Crippen LogP contribution in [0.5, 0.6) is 0 Å². The van der Waals surface area contributed by atoms with Gasteiger partial charge in [0.25, 0.3) is 5.41 Å². The maximum Gasteiger partial charge on any atom is 0.457 e. The van der Waals surface area contributed by atoms with Crippen LogP contribution in [0.4, 0.5) is 70.2 Å². The van der Waals surface area contributed by atoms with Crippen LogP contribution in [0, 0.1) is 5.41 Å². The van der Waals surface area contributed by atoms with Crippen molar-refractivity contribution in [3.8, 4) is 0 Å². The maximum atomic E-state index is 13.3. The first-order valence-electron chi connectivity index (χ1n) is 5.02. The lowest BCUT2D eigenvalue weighted by Crippen LogP contribution is -2.95. The highest BCUT2D eigenvalue weighted by molar-refractivity contribution is 5.38. The zero-order chi connectivity index (χ0) is 20.0. The fourth-order valence-corrected chi connectivity index (χ4v) is 2.31. The van der Waals surface area contributed by atoms with Crippen molar-refractivity contribution in [1.82, 2.24) is 0 Å². The van der Waals surface area contributed by atoms with Gasteiger partial charge in [-0.05, 0) is 0 Å². The van der Waals surface area contributed by atoms with Gasteiger partial charge in [-0.2, -0.15) is 48.3 Å². The van der Waals surface area contributed by atoms with Crippen LogP contribution in [0.2, 0.25) is 0 Å². The Hall–Kier alpha value is -1.12. The van der Waals surface area contributed by atoms with Gasteiger partial charge in [0.15, 0.2) is 0 Å². The fraction of sp³-hybridized carbons (Fsp3) is 1.00. The summed E-state index contributed by atoms with van der Waals surface area (Å²) >= 11 is 0. The van der Waals surface area contributed by atoms with Gasteiger partial charge >= 0.3 is 42.0 Å². The highest BCUT2D eigenvalue weighted by Gasteiger charge is 3.14. The number of hydrogen-bond acceptors (Lipinski definition) is 0. The van der Waals surface area contributed by atoms with Crippen LogP contribution in [-0.4, -0.2) is 42.0 Å². The molecule has 1 saturated carbocycles. The lowest BCUT2D eigenvalue weighted by Gasteiger charge is -2.63. The first-order valence-corrected chi connectivity index (χ1v) is 5.02. The van der Waals surface area contributed by atoms with Crippen LogP contribution in [0.3, 0.4) is 0 Å². The maximum absolute atomic E-state index is 13.3. The Morgan fingerprint density at radius 1 is 0.458 bits per heavy atom. The van der Waals surface area contributed by atoms with E-state index in [1.54, 1.807) is 0 Å². The monoisotopic (exact) mass is 400 g/mol. The van der Waals surface area contributed by atoms with E-state index < -0.39 is 47.4 Å². The van der Waals surface area contributed by atoms with Gasteiger partial charge in [0.2, 0.25) is 0 Å². The molecule has 0 N–H and O–H groups in total. The summed E-state index contributed by atoms with van der Waals surface area (Å²) in [5.74, 6) is -23.7. The normalized spacial score (nSPS) is 26.0. The van der Waals surface area contributed by atoms with Crippen LogP contribution in [0.25, 0.3) is 0 Å². The second-order valence-electron chi connectivity index (χ2n) is 4.62. The van der Waals surface area contributed by atoms with E-state index in [2.05, 4.69) is 0 Å². The third-order valence-corrected chi connectivity index (χ3v) is 3.45. The smallest absolute Gasteiger partial charge is 0.223 e. The number of alkyl halides is 16. The summed E-state index contributed by atoms with van der Waals surface area (Å²) in [6.07, 6.45) is -23.3. The van der Waals surface area contributed by atoms with Gasteiger partial charge in [-0.1, -0.05) is 0 Å². The van der Waals surface area contributed by atoms with E-state index in [1.165, 1.54) is 0 Å². The third-order valence-electron chi connectivity index (χ3n) is 3.45. The average Bonchev–Trinajstić information content (AvgIpc) is 2.20. The van der Waals surface area contributed by atoms with E-state index in [4.69, 9.17) is 0 Å². The van der Waals surface area contributed by atoms with Crippen molar-refractivity contribution >= 4 is 0 Å². The van der Waals surface area contributed by atoms with Crippen molar-refractivity contribution < 1.29 is 70.2 Å². The predicted molar refractivity (Wildman–Crippen MR) is 39.3 cm³/mol. The molecule has 0 aromatic rings. The summed E-state index contributed by atoms with van der Waals surface area (Å²) in [6.45, 7) is 0. The molecule has 0 aromatic carbocycles. The summed E-state index contributed by atoms with van der Waals surface area (Å²) in [5.41, 5.74) is -15.6. The summed E-state index contributed by atoms with van der Waals surface area (Å²) in [4.78, 5) is 0. The van der Waals surface area contributed by atoms with Gasteiger partial charge < -0.3 is 0 Å². The zero-order valence-corrected chi connectivity index (χ0v) is 10.0. The van der Waals surface area contributed by atoms with Gasteiger partial charge in [-0.15, -0.1) is 0 Å². The summed E-state index contributed by atoms with van der Waals surface area (Å²) < 4.78 is 201. The van der Waals surface area contributed by atoms with Crippen molar-refractivity contribution in [1.29, 1.82) is 0 Å². The van der Waals surface area contributed by atoms with Crippen LogP contribution in [0.1, 0.15) is 0 Å². The Morgan fingerprint density at radius 3 is 0.875 bits per heavy atom.